The third-order valence-electron chi connectivity index (χ3n) is 3.96. The van der Waals surface area contributed by atoms with Crippen LogP contribution in [0.4, 0.5) is 10.5 Å². The molecular weight excluding hydrogens is 346 g/mol. The zero-order valence-electron chi connectivity index (χ0n) is 15.5. The molecule has 7 heteroatoms. The number of primary amides is 1. The first-order chi connectivity index (χ1) is 12.8. The Kier molecular flexibility index (Phi) is 6.54. The quantitative estimate of drug-likeness (QED) is 0.680. The number of nitrogens with two attached hydrogens (primary N) is 1. The van der Waals surface area contributed by atoms with Crippen molar-refractivity contribution in [2.24, 2.45) is 5.73 Å². The minimum Gasteiger partial charge on any atom is -0.449 e. The van der Waals surface area contributed by atoms with Crippen LogP contribution in [0.5, 0.6) is 0 Å². The molecule has 0 heterocycles. The lowest BCUT2D eigenvalue weighted by molar-refractivity contribution is -0.123. The number of benzene rings is 2. The highest BCUT2D eigenvalue weighted by Gasteiger charge is 2.19. The molecule has 2 aromatic carbocycles. The molecule has 2 rings (SSSR count). The van der Waals surface area contributed by atoms with Gasteiger partial charge in [-0.1, -0.05) is 24.3 Å². The molecule has 0 radical (unpaired) electrons. The van der Waals surface area contributed by atoms with E-state index in [0.29, 0.717) is 11.3 Å². The van der Waals surface area contributed by atoms with Gasteiger partial charge in [-0.05, 0) is 55.7 Å². The zero-order valence-corrected chi connectivity index (χ0v) is 15.5. The number of hydrogen-bond donors (Lipinski definition) is 3. The summed E-state index contributed by atoms with van der Waals surface area (Å²) >= 11 is 0. The summed E-state index contributed by atoms with van der Waals surface area (Å²) < 4.78 is 5.24. The zero-order chi connectivity index (χ0) is 20.0. The monoisotopic (exact) mass is 369 g/mol. The van der Waals surface area contributed by atoms with Crippen molar-refractivity contribution in [3.8, 4) is 0 Å². The summed E-state index contributed by atoms with van der Waals surface area (Å²) in [5.74, 6) is -1.01. The highest BCUT2D eigenvalue weighted by atomic mass is 16.5. The minimum absolute atomic E-state index is 0.263. The maximum Gasteiger partial charge on any atom is 0.338 e. The van der Waals surface area contributed by atoms with Crippen molar-refractivity contribution in [2.75, 3.05) is 5.32 Å². The molecule has 3 amide bonds. The van der Waals surface area contributed by atoms with Crippen molar-refractivity contribution >= 4 is 23.6 Å². The molecule has 0 aliphatic heterocycles. The summed E-state index contributed by atoms with van der Waals surface area (Å²) in [7, 11) is 0. The fraction of sp³-hybridized carbons (Fsp3) is 0.250. The molecule has 0 aliphatic carbocycles. The Morgan fingerprint density at radius 2 is 1.74 bits per heavy atom. The number of esters is 1. The number of rotatable bonds is 6. The summed E-state index contributed by atoms with van der Waals surface area (Å²) in [5, 5.41) is 5.23. The maximum atomic E-state index is 12.3. The van der Waals surface area contributed by atoms with E-state index in [1.807, 2.05) is 32.0 Å². The molecule has 0 aliphatic rings. The molecule has 1 atom stereocenters. The van der Waals surface area contributed by atoms with Gasteiger partial charge < -0.3 is 21.1 Å². The summed E-state index contributed by atoms with van der Waals surface area (Å²) in [6.07, 6.45) is -0.950. The van der Waals surface area contributed by atoms with E-state index in [1.165, 1.54) is 6.92 Å². The minimum atomic E-state index is -0.950. The van der Waals surface area contributed by atoms with Crippen LogP contribution in [0.15, 0.2) is 42.5 Å². The fourth-order valence-corrected chi connectivity index (χ4v) is 2.33. The highest BCUT2D eigenvalue weighted by Crippen LogP contribution is 2.17. The average Bonchev–Trinajstić information content (AvgIpc) is 2.63. The van der Waals surface area contributed by atoms with Gasteiger partial charge in [0.25, 0.3) is 5.91 Å². The lowest BCUT2D eigenvalue weighted by Crippen LogP contribution is -2.30. The lowest BCUT2D eigenvalue weighted by atomic mass is 10.1. The van der Waals surface area contributed by atoms with Crippen LogP contribution in [0.25, 0.3) is 0 Å². The third kappa shape index (κ3) is 5.85. The first kappa shape index (κ1) is 20.0. The summed E-state index contributed by atoms with van der Waals surface area (Å²) in [5.41, 5.74) is 8.74. The number of hydrogen-bond acceptors (Lipinski definition) is 4. The number of anilines is 1. The topological polar surface area (TPSA) is 111 Å². The molecule has 1 unspecified atom stereocenters. The van der Waals surface area contributed by atoms with Crippen molar-refractivity contribution < 1.29 is 19.1 Å². The summed E-state index contributed by atoms with van der Waals surface area (Å²) in [6.45, 7) is 5.60. The Balaban J connectivity index is 1.95. The van der Waals surface area contributed by atoms with Gasteiger partial charge in [0.15, 0.2) is 6.10 Å². The van der Waals surface area contributed by atoms with Crippen LogP contribution in [0.2, 0.25) is 0 Å². The summed E-state index contributed by atoms with van der Waals surface area (Å²) in [6, 6.07) is 11.6. The Bertz CT molecular complexity index is 847. The van der Waals surface area contributed by atoms with Crippen molar-refractivity contribution in [1.29, 1.82) is 0 Å². The standard InChI is InChI=1S/C20H23N3O4/c1-12-4-5-13(2)17(10-12)23-18(24)14(3)27-19(25)16-8-6-15(7-9-16)11-22-20(21)26/h4-10,14H,11H2,1-3H3,(H,23,24)(H3,21,22,26). The van der Waals surface area contributed by atoms with Crippen molar-refractivity contribution in [1.82, 2.24) is 5.32 Å². The van der Waals surface area contributed by atoms with Crippen LogP contribution in [0.1, 0.15) is 34.0 Å². The molecule has 27 heavy (non-hydrogen) atoms. The second-order valence-electron chi connectivity index (χ2n) is 6.27. The number of carbonyl (C=O) groups is 3. The number of aryl methyl sites for hydroxylation is 2. The third-order valence-corrected chi connectivity index (χ3v) is 3.96. The fourth-order valence-electron chi connectivity index (χ4n) is 2.33. The first-order valence-corrected chi connectivity index (χ1v) is 8.47. The largest absolute Gasteiger partial charge is 0.449 e. The van der Waals surface area contributed by atoms with Crippen molar-refractivity contribution in [3.63, 3.8) is 0 Å². The predicted molar refractivity (Wildman–Crippen MR) is 102 cm³/mol. The van der Waals surface area contributed by atoms with E-state index in [-0.39, 0.29) is 6.54 Å². The van der Waals surface area contributed by atoms with E-state index >= 15 is 0 Å². The van der Waals surface area contributed by atoms with E-state index in [9.17, 15) is 14.4 Å². The van der Waals surface area contributed by atoms with E-state index in [2.05, 4.69) is 10.6 Å². The van der Waals surface area contributed by atoms with E-state index in [4.69, 9.17) is 10.5 Å². The molecule has 2 aromatic rings. The van der Waals surface area contributed by atoms with Crippen LogP contribution < -0.4 is 16.4 Å². The Morgan fingerprint density at radius 1 is 1.07 bits per heavy atom. The van der Waals surface area contributed by atoms with E-state index in [1.54, 1.807) is 24.3 Å². The molecule has 0 bridgehead atoms. The van der Waals surface area contributed by atoms with Gasteiger partial charge in [-0.2, -0.15) is 0 Å². The van der Waals surface area contributed by atoms with Crippen LogP contribution in [-0.2, 0) is 16.1 Å². The average molecular weight is 369 g/mol. The molecule has 0 aromatic heterocycles. The molecule has 0 fully saturated rings. The van der Waals surface area contributed by atoms with Crippen LogP contribution in [0.3, 0.4) is 0 Å². The Morgan fingerprint density at radius 3 is 2.37 bits per heavy atom. The van der Waals surface area contributed by atoms with Crippen LogP contribution >= 0.6 is 0 Å². The molecule has 0 saturated carbocycles. The smallest absolute Gasteiger partial charge is 0.338 e. The normalized spacial score (nSPS) is 11.4. The lowest BCUT2D eigenvalue weighted by Gasteiger charge is -2.15. The number of urea groups is 1. The molecular formula is C20H23N3O4. The van der Waals surface area contributed by atoms with Gasteiger partial charge in [0.05, 0.1) is 5.56 Å². The van der Waals surface area contributed by atoms with Crippen molar-refractivity contribution in [3.05, 3.63) is 64.7 Å². The molecule has 4 N–H and O–H groups in total. The second kappa shape index (κ2) is 8.84. The van der Waals surface area contributed by atoms with Gasteiger partial charge in [-0.3, -0.25) is 4.79 Å². The van der Waals surface area contributed by atoms with Gasteiger partial charge in [-0.15, -0.1) is 0 Å². The molecule has 0 saturated heterocycles. The number of amides is 3. The van der Waals surface area contributed by atoms with E-state index in [0.717, 1.165) is 16.7 Å². The van der Waals surface area contributed by atoms with Crippen LogP contribution in [-0.4, -0.2) is 24.0 Å². The first-order valence-electron chi connectivity index (χ1n) is 8.47. The Hall–Kier alpha value is -3.35. The SMILES string of the molecule is Cc1ccc(C)c(NC(=O)C(C)OC(=O)c2ccc(CNC(N)=O)cc2)c1. The van der Waals surface area contributed by atoms with Gasteiger partial charge in [0.2, 0.25) is 0 Å². The molecule has 7 nitrogen and oxygen atoms in total. The highest BCUT2D eigenvalue weighted by molar-refractivity contribution is 5.97. The van der Waals surface area contributed by atoms with Gasteiger partial charge in [0.1, 0.15) is 0 Å². The maximum absolute atomic E-state index is 12.3. The van der Waals surface area contributed by atoms with Gasteiger partial charge in [-0.25, -0.2) is 9.59 Å². The summed E-state index contributed by atoms with van der Waals surface area (Å²) in [4.78, 5) is 35.2. The van der Waals surface area contributed by atoms with Gasteiger partial charge in [0, 0.05) is 12.2 Å². The predicted octanol–water partition coefficient (Wildman–Crippen LogP) is 2.66. The van der Waals surface area contributed by atoms with Crippen molar-refractivity contribution in [2.45, 2.75) is 33.4 Å². The van der Waals surface area contributed by atoms with Gasteiger partial charge >= 0.3 is 12.0 Å². The molecule has 142 valence electrons. The Labute approximate surface area is 157 Å². The number of nitrogens with one attached hydrogen (secondary N) is 2. The number of ether oxygens (including phenoxy) is 1. The second-order valence-corrected chi connectivity index (χ2v) is 6.27. The number of carbonyl (C=O) groups excluding carboxylic acids is 3. The molecule has 0 spiro atoms. The van der Waals surface area contributed by atoms with Crippen LogP contribution in [0, 0.1) is 13.8 Å². The van der Waals surface area contributed by atoms with E-state index < -0.39 is 24.0 Å².